The first kappa shape index (κ1) is 25.7. The van der Waals surface area contributed by atoms with E-state index < -0.39 is 23.2 Å². The molecule has 2 aliphatic rings. The Morgan fingerprint density at radius 2 is 0.939 bits per heavy atom. The van der Waals surface area contributed by atoms with Gasteiger partial charge in [0.05, 0.1) is 0 Å². The Hall–Kier alpha value is -0.337. The predicted molar refractivity (Wildman–Crippen MR) is 149 cm³/mol. The summed E-state index contributed by atoms with van der Waals surface area (Å²) in [5, 5.41) is 3.75. The van der Waals surface area contributed by atoms with E-state index in [1.54, 1.807) is 22.3 Å². The first-order valence-electron chi connectivity index (χ1n) is 13.1. The van der Waals surface area contributed by atoms with Gasteiger partial charge in [-0.25, -0.2) is 0 Å². The first-order chi connectivity index (χ1) is 16.2. The van der Waals surface area contributed by atoms with Crippen molar-refractivity contribution in [2.45, 2.75) is 60.6 Å². The maximum atomic E-state index is 2.66. The zero-order valence-electron chi connectivity index (χ0n) is 21.0. The van der Waals surface area contributed by atoms with E-state index in [4.69, 9.17) is 0 Å². The Kier molecular flexibility index (Phi) is 9.81. The van der Waals surface area contributed by atoms with Gasteiger partial charge in [-0.05, 0) is 0 Å². The van der Waals surface area contributed by atoms with Crippen molar-refractivity contribution in [1.82, 2.24) is 0 Å². The molecule has 0 radical (unpaired) electrons. The van der Waals surface area contributed by atoms with Gasteiger partial charge in [-0.1, -0.05) is 0 Å². The molecule has 0 N–H and O–H groups in total. The van der Waals surface area contributed by atoms with Gasteiger partial charge in [-0.2, -0.15) is 0 Å². The molecule has 4 rings (SSSR count). The molecular formula is C30H40P2Zr. The molecule has 3 heteroatoms. The van der Waals surface area contributed by atoms with E-state index in [9.17, 15) is 0 Å². The van der Waals surface area contributed by atoms with Gasteiger partial charge in [0.1, 0.15) is 0 Å². The molecule has 2 aromatic carbocycles. The molecule has 2 aromatic rings. The molecule has 0 spiro atoms. The second-order valence-electron chi connectivity index (χ2n) is 9.40. The average Bonchev–Trinajstić information content (AvgIpc) is 3.38. The number of rotatable bonds is 12. The quantitative estimate of drug-likeness (QED) is 0.229. The van der Waals surface area contributed by atoms with Gasteiger partial charge in [0, 0.05) is 0 Å². The summed E-state index contributed by atoms with van der Waals surface area (Å²) in [4.78, 5) is 0. The number of fused-ring (bicyclic) bond motifs is 2. The molecule has 0 amide bonds. The summed E-state index contributed by atoms with van der Waals surface area (Å²) in [6.45, 7) is 9.55. The minimum absolute atomic E-state index is 0.0113. The molecule has 0 aliphatic heterocycles. The summed E-state index contributed by atoms with van der Waals surface area (Å²) < 4.78 is 1.54. The van der Waals surface area contributed by atoms with Crippen LogP contribution >= 0.6 is 15.8 Å². The van der Waals surface area contributed by atoms with Crippen LogP contribution in [0.15, 0.2) is 59.2 Å². The minimum atomic E-state index is -0.781. The van der Waals surface area contributed by atoms with Crippen LogP contribution in [-0.4, -0.2) is 24.6 Å². The van der Waals surface area contributed by atoms with Crippen LogP contribution in [-0.2, 0) is 23.2 Å². The van der Waals surface area contributed by atoms with E-state index in [0.29, 0.717) is 0 Å². The standard InChI is InChI=1S/2C15H20P.Zr/c2*1-3-9-16(10-4-2)15-11-13-7-5-6-8-14(13)12-15;/h2*5-8,11-12H,3-4,9-10H2,1-2H3;. The Morgan fingerprint density at radius 3 is 1.30 bits per heavy atom. The topological polar surface area (TPSA) is 0 Å². The fraction of sp³-hybridized carbons (Fsp3) is 0.467. The van der Waals surface area contributed by atoms with Crippen molar-refractivity contribution in [3.8, 4) is 0 Å². The molecule has 174 valence electrons. The Labute approximate surface area is 216 Å². The van der Waals surface area contributed by atoms with Crippen molar-refractivity contribution < 1.29 is 23.2 Å². The zero-order valence-corrected chi connectivity index (χ0v) is 25.2. The summed E-state index contributed by atoms with van der Waals surface area (Å²) in [6.07, 6.45) is 16.3. The molecule has 2 unspecified atom stereocenters. The van der Waals surface area contributed by atoms with Crippen molar-refractivity contribution >= 4 is 28.0 Å². The molecule has 0 heterocycles. The van der Waals surface area contributed by atoms with Gasteiger partial charge >= 0.3 is 218 Å². The molecule has 0 nitrogen and oxygen atoms in total. The summed E-state index contributed by atoms with van der Waals surface area (Å²) in [5.74, 6) is 0. The van der Waals surface area contributed by atoms with Crippen LogP contribution in [0.1, 0.15) is 82.9 Å². The van der Waals surface area contributed by atoms with E-state index >= 15 is 0 Å². The molecule has 0 saturated carbocycles. The van der Waals surface area contributed by atoms with Crippen LogP contribution in [0.5, 0.6) is 0 Å². The Balaban J connectivity index is 1.72. The molecule has 0 aromatic heterocycles. The van der Waals surface area contributed by atoms with Crippen molar-refractivity contribution in [2.75, 3.05) is 24.6 Å². The fourth-order valence-corrected chi connectivity index (χ4v) is 18.6. The monoisotopic (exact) mass is 552 g/mol. The van der Waals surface area contributed by atoms with Crippen molar-refractivity contribution in [2.24, 2.45) is 0 Å². The molecule has 0 saturated heterocycles. The van der Waals surface area contributed by atoms with E-state index in [-0.39, 0.29) is 15.8 Å². The first-order valence-corrected chi connectivity index (χ1v) is 19.3. The molecule has 2 atom stereocenters. The molecule has 0 bridgehead atoms. The third kappa shape index (κ3) is 5.74. The van der Waals surface area contributed by atoms with Crippen LogP contribution in [0.25, 0.3) is 12.2 Å². The third-order valence-electron chi connectivity index (χ3n) is 6.85. The summed E-state index contributed by atoms with van der Waals surface area (Å²) in [6, 6.07) is 18.8. The predicted octanol–water partition coefficient (Wildman–Crippen LogP) is 9.86. The van der Waals surface area contributed by atoms with Crippen molar-refractivity contribution in [3.05, 3.63) is 81.4 Å². The van der Waals surface area contributed by atoms with Gasteiger partial charge < -0.3 is 0 Å². The number of allylic oxidation sites excluding steroid dienone is 2. The van der Waals surface area contributed by atoms with Gasteiger partial charge in [-0.15, -0.1) is 0 Å². The zero-order chi connectivity index (χ0) is 23.2. The van der Waals surface area contributed by atoms with Gasteiger partial charge in [0.2, 0.25) is 0 Å². The molecular weight excluding hydrogens is 514 g/mol. The second kappa shape index (κ2) is 12.6. The average molecular weight is 554 g/mol. The Morgan fingerprint density at radius 1 is 0.576 bits per heavy atom. The second-order valence-corrected chi connectivity index (χ2v) is 18.0. The van der Waals surface area contributed by atoms with E-state index in [1.165, 1.54) is 50.3 Å². The van der Waals surface area contributed by atoms with Gasteiger partial charge in [-0.3, -0.25) is 0 Å². The molecule has 33 heavy (non-hydrogen) atoms. The van der Waals surface area contributed by atoms with E-state index in [1.807, 2.05) is 10.6 Å². The maximum absolute atomic E-state index is 2.66. The normalized spacial score (nSPS) is 19.0. The molecule has 0 fully saturated rings. The SMILES string of the molecule is CCCP(CCC)C1=Cc2ccccc2[CH]1[Zr][CH]1C(P(CCC)CCC)=Cc2ccccc21. The number of hydrogen-bond donors (Lipinski definition) is 0. The fourth-order valence-electron chi connectivity index (χ4n) is 5.50. The Bertz CT molecular complexity index is 901. The number of hydrogen-bond acceptors (Lipinski definition) is 0. The van der Waals surface area contributed by atoms with Gasteiger partial charge in [0.25, 0.3) is 0 Å². The molecule has 2 aliphatic carbocycles. The number of benzene rings is 2. The van der Waals surface area contributed by atoms with Crippen LogP contribution in [0, 0.1) is 0 Å². The van der Waals surface area contributed by atoms with Crippen molar-refractivity contribution in [1.29, 1.82) is 0 Å². The van der Waals surface area contributed by atoms with Crippen molar-refractivity contribution in [3.63, 3.8) is 0 Å². The van der Waals surface area contributed by atoms with Crippen LogP contribution < -0.4 is 0 Å². The van der Waals surface area contributed by atoms with E-state index in [0.717, 1.165) is 7.25 Å². The summed E-state index contributed by atoms with van der Waals surface area (Å²) in [7, 11) is 0.0226. The third-order valence-corrected chi connectivity index (χ3v) is 18.9. The van der Waals surface area contributed by atoms with Crippen LogP contribution in [0.3, 0.4) is 0 Å². The van der Waals surface area contributed by atoms with Crippen LogP contribution in [0.2, 0.25) is 0 Å². The van der Waals surface area contributed by atoms with E-state index in [2.05, 4.69) is 88.4 Å². The summed E-state index contributed by atoms with van der Waals surface area (Å²) in [5.41, 5.74) is 6.44. The van der Waals surface area contributed by atoms with Crippen LogP contribution in [0.4, 0.5) is 0 Å². The van der Waals surface area contributed by atoms with Gasteiger partial charge in [0.15, 0.2) is 0 Å². The summed E-state index contributed by atoms with van der Waals surface area (Å²) >= 11 is -0.781.